The summed E-state index contributed by atoms with van der Waals surface area (Å²) in [5.74, 6) is -0.265. The maximum atomic E-state index is 10.5. The Morgan fingerprint density at radius 2 is 2.36 bits per heavy atom. The van der Waals surface area contributed by atoms with Gasteiger partial charge in [-0.2, -0.15) is 0 Å². The normalized spacial score (nSPS) is 10.0. The molecule has 0 saturated carbocycles. The highest BCUT2D eigenvalue weighted by Gasteiger charge is 2.13. The summed E-state index contributed by atoms with van der Waals surface area (Å²) in [5.41, 5.74) is 0.759. The lowest BCUT2D eigenvalue weighted by atomic mass is 10.2. The summed E-state index contributed by atoms with van der Waals surface area (Å²) in [6, 6.07) is 1.75. The summed E-state index contributed by atoms with van der Waals surface area (Å²) in [6.45, 7) is 3.64. The molecule has 0 amide bonds. The van der Waals surface area contributed by atoms with Gasteiger partial charge in [0.15, 0.2) is 0 Å². The van der Waals surface area contributed by atoms with Gasteiger partial charge in [-0.15, -0.1) is 0 Å². The lowest BCUT2D eigenvalue weighted by Crippen LogP contribution is -1.97. The molecule has 0 fully saturated rings. The maximum Gasteiger partial charge on any atom is 0.372 e. The standard InChI is InChI=1S/C8H10O3/c1-3-6-4-5(2)11-7(6)8(9)10/h4H,3H2,1-2H3,(H,9,10). The van der Waals surface area contributed by atoms with Crippen molar-refractivity contribution < 1.29 is 14.3 Å². The van der Waals surface area contributed by atoms with Crippen molar-refractivity contribution in [3.8, 4) is 0 Å². The molecule has 60 valence electrons. The van der Waals surface area contributed by atoms with Gasteiger partial charge in [0.2, 0.25) is 5.76 Å². The Hall–Kier alpha value is -1.25. The molecule has 0 aliphatic heterocycles. The number of furan rings is 1. The first kappa shape index (κ1) is 7.85. The molecule has 0 saturated heterocycles. The van der Waals surface area contributed by atoms with Gasteiger partial charge in [0.1, 0.15) is 5.76 Å². The van der Waals surface area contributed by atoms with Gasteiger partial charge in [-0.05, 0) is 19.4 Å². The summed E-state index contributed by atoms with van der Waals surface area (Å²) in [4.78, 5) is 10.5. The first-order chi connectivity index (χ1) is 5.15. The van der Waals surface area contributed by atoms with Crippen LogP contribution in [0.15, 0.2) is 10.5 Å². The van der Waals surface area contributed by atoms with Crippen LogP contribution in [0.5, 0.6) is 0 Å². The van der Waals surface area contributed by atoms with Crippen LogP contribution in [-0.2, 0) is 6.42 Å². The molecule has 1 heterocycles. The van der Waals surface area contributed by atoms with Gasteiger partial charge in [0.05, 0.1) is 0 Å². The van der Waals surface area contributed by atoms with Crippen molar-refractivity contribution in [1.29, 1.82) is 0 Å². The molecule has 0 atom stereocenters. The third kappa shape index (κ3) is 1.42. The molecule has 0 spiro atoms. The molecule has 0 radical (unpaired) electrons. The average Bonchev–Trinajstić information content (AvgIpc) is 2.30. The predicted molar refractivity (Wildman–Crippen MR) is 39.8 cm³/mol. The van der Waals surface area contributed by atoms with Gasteiger partial charge in [0, 0.05) is 5.56 Å². The van der Waals surface area contributed by atoms with Gasteiger partial charge in [-0.1, -0.05) is 6.92 Å². The van der Waals surface area contributed by atoms with Crippen molar-refractivity contribution >= 4 is 5.97 Å². The Bertz CT molecular complexity index is 273. The summed E-state index contributed by atoms with van der Waals surface area (Å²) < 4.78 is 4.97. The molecule has 11 heavy (non-hydrogen) atoms. The largest absolute Gasteiger partial charge is 0.475 e. The van der Waals surface area contributed by atoms with Crippen LogP contribution >= 0.6 is 0 Å². The Balaban J connectivity index is 3.12. The maximum absolute atomic E-state index is 10.5. The van der Waals surface area contributed by atoms with Crippen LogP contribution in [0.3, 0.4) is 0 Å². The van der Waals surface area contributed by atoms with E-state index in [9.17, 15) is 4.79 Å². The van der Waals surface area contributed by atoms with Crippen molar-refractivity contribution in [1.82, 2.24) is 0 Å². The van der Waals surface area contributed by atoms with E-state index in [2.05, 4.69) is 0 Å². The number of carbonyl (C=O) groups is 1. The number of rotatable bonds is 2. The van der Waals surface area contributed by atoms with E-state index in [4.69, 9.17) is 9.52 Å². The highest BCUT2D eigenvalue weighted by atomic mass is 16.4. The van der Waals surface area contributed by atoms with Crippen molar-refractivity contribution in [3.63, 3.8) is 0 Å². The van der Waals surface area contributed by atoms with Crippen LogP contribution in [0, 0.1) is 6.92 Å². The number of aromatic carboxylic acids is 1. The average molecular weight is 154 g/mol. The van der Waals surface area contributed by atoms with E-state index in [-0.39, 0.29) is 5.76 Å². The lowest BCUT2D eigenvalue weighted by Gasteiger charge is -1.90. The molecule has 3 heteroatoms. The molecule has 1 aromatic heterocycles. The highest BCUT2D eigenvalue weighted by Crippen LogP contribution is 2.14. The molecule has 0 aliphatic rings. The summed E-state index contributed by atoms with van der Waals surface area (Å²) in [5, 5.41) is 8.62. The Kier molecular flexibility index (Phi) is 1.98. The second-order valence-corrected chi connectivity index (χ2v) is 2.37. The molecule has 3 nitrogen and oxygen atoms in total. The number of carboxylic acids is 1. The molecule has 0 aromatic carbocycles. The quantitative estimate of drug-likeness (QED) is 0.707. The summed E-state index contributed by atoms with van der Waals surface area (Å²) in [6.07, 6.45) is 0.693. The fourth-order valence-electron chi connectivity index (χ4n) is 1.01. The third-order valence-corrected chi connectivity index (χ3v) is 1.51. The van der Waals surface area contributed by atoms with Crippen molar-refractivity contribution in [2.45, 2.75) is 20.3 Å². The first-order valence-electron chi connectivity index (χ1n) is 3.47. The van der Waals surface area contributed by atoms with Gasteiger partial charge in [-0.3, -0.25) is 0 Å². The van der Waals surface area contributed by atoms with Crippen LogP contribution in [0.4, 0.5) is 0 Å². The molecular weight excluding hydrogens is 144 g/mol. The Morgan fingerprint density at radius 1 is 1.73 bits per heavy atom. The van der Waals surface area contributed by atoms with E-state index in [0.29, 0.717) is 12.2 Å². The van der Waals surface area contributed by atoms with Crippen LogP contribution in [0.1, 0.15) is 28.8 Å². The minimum atomic E-state index is -0.991. The topological polar surface area (TPSA) is 50.4 Å². The smallest absolute Gasteiger partial charge is 0.372 e. The number of hydrogen-bond acceptors (Lipinski definition) is 2. The Labute approximate surface area is 64.6 Å². The molecule has 0 bridgehead atoms. The van der Waals surface area contributed by atoms with Crippen LogP contribution < -0.4 is 0 Å². The minimum Gasteiger partial charge on any atom is -0.475 e. The monoisotopic (exact) mass is 154 g/mol. The van der Waals surface area contributed by atoms with E-state index in [1.54, 1.807) is 13.0 Å². The van der Waals surface area contributed by atoms with E-state index < -0.39 is 5.97 Å². The van der Waals surface area contributed by atoms with Gasteiger partial charge in [0.25, 0.3) is 0 Å². The van der Waals surface area contributed by atoms with E-state index in [1.807, 2.05) is 6.92 Å². The van der Waals surface area contributed by atoms with Gasteiger partial charge >= 0.3 is 5.97 Å². The fourth-order valence-corrected chi connectivity index (χ4v) is 1.01. The zero-order valence-corrected chi connectivity index (χ0v) is 6.55. The number of aryl methyl sites for hydroxylation is 2. The summed E-state index contributed by atoms with van der Waals surface area (Å²) in [7, 11) is 0. The van der Waals surface area contributed by atoms with Crippen molar-refractivity contribution in [3.05, 3.63) is 23.2 Å². The molecule has 1 aromatic rings. The van der Waals surface area contributed by atoms with E-state index >= 15 is 0 Å². The second kappa shape index (κ2) is 2.78. The summed E-state index contributed by atoms with van der Waals surface area (Å²) >= 11 is 0. The molecule has 0 aliphatic carbocycles. The lowest BCUT2D eigenvalue weighted by molar-refractivity contribution is 0.0659. The third-order valence-electron chi connectivity index (χ3n) is 1.51. The molecule has 0 unspecified atom stereocenters. The van der Waals surface area contributed by atoms with Crippen LogP contribution in [-0.4, -0.2) is 11.1 Å². The minimum absolute atomic E-state index is 0.0741. The SMILES string of the molecule is CCc1cc(C)oc1C(=O)O. The van der Waals surface area contributed by atoms with E-state index in [1.165, 1.54) is 0 Å². The van der Waals surface area contributed by atoms with Gasteiger partial charge < -0.3 is 9.52 Å². The van der Waals surface area contributed by atoms with Gasteiger partial charge in [-0.25, -0.2) is 4.79 Å². The fraction of sp³-hybridized carbons (Fsp3) is 0.375. The van der Waals surface area contributed by atoms with Crippen LogP contribution in [0.25, 0.3) is 0 Å². The molecule has 1 rings (SSSR count). The van der Waals surface area contributed by atoms with Crippen molar-refractivity contribution in [2.24, 2.45) is 0 Å². The Morgan fingerprint density at radius 3 is 2.73 bits per heavy atom. The highest BCUT2D eigenvalue weighted by molar-refractivity contribution is 5.86. The molecular formula is C8H10O3. The number of carboxylic acid groups (broad SMARTS) is 1. The zero-order chi connectivity index (χ0) is 8.43. The first-order valence-corrected chi connectivity index (χ1v) is 3.47. The van der Waals surface area contributed by atoms with Crippen LogP contribution in [0.2, 0.25) is 0 Å². The number of hydrogen-bond donors (Lipinski definition) is 1. The zero-order valence-electron chi connectivity index (χ0n) is 6.55. The van der Waals surface area contributed by atoms with Crippen molar-refractivity contribution in [2.75, 3.05) is 0 Å². The van der Waals surface area contributed by atoms with E-state index in [0.717, 1.165) is 5.56 Å². The second-order valence-electron chi connectivity index (χ2n) is 2.37. The predicted octanol–water partition coefficient (Wildman–Crippen LogP) is 1.85. The molecule has 1 N–H and O–H groups in total.